The first kappa shape index (κ1) is 32.6. The molecule has 4 N–H and O–H groups in total. The highest BCUT2D eigenvalue weighted by Gasteiger charge is 2.57. The molecule has 0 bridgehead atoms. The number of halogens is 7. The Kier molecular flexibility index (Phi) is 9.83. The number of aromatic nitrogens is 1. The number of hydrogen-bond acceptors (Lipinski definition) is 6. The molecule has 45 heavy (non-hydrogen) atoms. The van der Waals surface area contributed by atoms with Crippen LogP contribution in [0, 0.1) is 23.5 Å². The highest BCUT2D eigenvalue weighted by molar-refractivity contribution is 5.54. The van der Waals surface area contributed by atoms with Crippen molar-refractivity contribution in [1.82, 2.24) is 10.3 Å². The maximum atomic E-state index is 15.7. The number of alkyl halides is 5. The quantitative estimate of drug-likeness (QED) is 0.0518. The van der Waals surface area contributed by atoms with E-state index in [1.807, 2.05) is 0 Å². The lowest BCUT2D eigenvalue weighted by atomic mass is 9.84. The van der Waals surface area contributed by atoms with Crippen molar-refractivity contribution in [3.8, 4) is 23.3 Å². The van der Waals surface area contributed by atoms with E-state index >= 15 is 8.78 Å². The van der Waals surface area contributed by atoms with Gasteiger partial charge in [0.25, 0.3) is 0 Å². The minimum Gasteiger partial charge on any atom is -0.489 e. The highest BCUT2D eigenvalue weighted by Crippen LogP contribution is 2.45. The summed E-state index contributed by atoms with van der Waals surface area (Å²) >= 11 is 0. The number of aliphatic hydroxyl groups is 1. The van der Waals surface area contributed by atoms with Gasteiger partial charge < -0.3 is 25.7 Å². The SMILES string of the molecule is N/N=C\NCC(O)(c1ccc(F)cc1F)C(F)(F)c1ccc(C#Cc2ccc(OCc3ccc(OC(F)(F)F)cc3)cc2)cn1. The molecule has 0 saturated carbocycles. The molecule has 1 heterocycles. The molecule has 1 aromatic heterocycles. The van der Waals surface area contributed by atoms with Gasteiger partial charge in [-0.25, -0.2) is 8.78 Å². The lowest BCUT2D eigenvalue weighted by Gasteiger charge is -2.36. The van der Waals surface area contributed by atoms with Crippen molar-refractivity contribution in [1.29, 1.82) is 0 Å². The third-order valence-corrected chi connectivity index (χ3v) is 6.27. The van der Waals surface area contributed by atoms with Crippen LogP contribution in [0.15, 0.2) is 90.2 Å². The Balaban J connectivity index is 1.43. The van der Waals surface area contributed by atoms with Crippen LogP contribution >= 0.6 is 0 Å². The largest absolute Gasteiger partial charge is 0.573 e. The molecule has 14 heteroatoms. The summed E-state index contributed by atoms with van der Waals surface area (Å²) in [7, 11) is 0. The molecule has 4 rings (SSSR count). The summed E-state index contributed by atoms with van der Waals surface area (Å²) in [6.45, 7) is -0.866. The fourth-order valence-electron chi connectivity index (χ4n) is 4.04. The Bertz CT molecular complexity index is 1690. The molecular formula is C31H23F7N4O3. The van der Waals surface area contributed by atoms with Crippen molar-refractivity contribution in [2.24, 2.45) is 10.9 Å². The average molecular weight is 633 g/mol. The van der Waals surface area contributed by atoms with E-state index in [2.05, 4.69) is 32.0 Å². The fraction of sp³-hybridized carbons (Fsp3) is 0.161. The van der Waals surface area contributed by atoms with Gasteiger partial charge in [0.05, 0.1) is 6.54 Å². The summed E-state index contributed by atoms with van der Waals surface area (Å²) in [6.07, 6.45) is -2.90. The Labute approximate surface area is 252 Å². The van der Waals surface area contributed by atoms with Gasteiger partial charge in [-0.1, -0.05) is 24.0 Å². The van der Waals surface area contributed by atoms with E-state index in [-0.39, 0.29) is 17.9 Å². The van der Waals surface area contributed by atoms with E-state index < -0.39 is 47.3 Å². The van der Waals surface area contributed by atoms with Gasteiger partial charge in [-0.3, -0.25) is 4.98 Å². The number of ether oxygens (including phenoxy) is 2. The molecular weight excluding hydrogens is 609 g/mol. The average Bonchev–Trinajstić information content (AvgIpc) is 2.99. The van der Waals surface area contributed by atoms with E-state index in [0.29, 0.717) is 29.0 Å². The summed E-state index contributed by atoms with van der Waals surface area (Å²) in [5.74, 6) is 4.10. The minimum atomic E-state index is -4.78. The number of rotatable bonds is 10. The zero-order valence-electron chi connectivity index (χ0n) is 23.0. The van der Waals surface area contributed by atoms with Gasteiger partial charge in [0, 0.05) is 29.0 Å². The number of nitrogens with two attached hydrogens (primary N) is 1. The molecule has 0 fully saturated rings. The Morgan fingerprint density at radius 3 is 2.11 bits per heavy atom. The predicted molar refractivity (Wildman–Crippen MR) is 149 cm³/mol. The zero-order valence-corrected chi connectivity index (χ0v) is 23.0. The van der Waals surface area contributed by atoms with Gasteiger partial charge in [-0.15, -0.1) is 13.2 Å². The zero-order chi connectivity index (χ0) is 32.7. The molecule has 0 radical (unpaired) electrons. The van der Waals surface area contributed by atoms with Gasteiger partial charge in [0.2, 0.25) is 0 Å². The molecule has 0 aliphatic rings. The van der Waals surface area contributed by atoms with Crippen molar-refractivity contribution >= 4 is 6.34 Å². The van der Waals surface area contributed by atoms with Crippen LogP contribution < -0.4 is 20.6 Å². The Morgan fingerprint density at radius 1 is 0.867 bits per heavy atom. The van der Waals surface area contributed by atoms with E-state index in [9.17, 15) is 27.1 Å². The topological polar surface area (TPSA) is 102 Å². The predicted octanol–water partition coefficient (Wildman–Crippen LogP) is 5.71. The van der Waals surface area contributed by atoms with Crippen LogP contribution in [0.4, 0.5) is 30.7 Å². The lowest BCUT2D eigenvalue weighted by molar-refractivity contribution is -0.274. The summed E-state index contributed by atoms with van der Waals surface area (Å²) in [6, 6.07) is 15.7. The third kappa shape index (κ3) is 8.21. The third-order valence-electron chi connectivity index (χ3n) is 6.27. The van der Waals surface area contributed by atoms with Crippen LogP contribution in [-0.2, 0) is 18.1 Å². The smallest absolute Gasteiger partial charge is 0.489 e. The molecule has 0 aliphatic carbocycles. The van der Waals surface area contributed by atoms with E-state index in [1.54, 1.807) is 24.3 Å². The summed E-state index contributed by atoms with van der Waals surface area (Å²) in [5.41, 5.74) is -3.61. The molecule has 0 aliphatic heterocycles. The first-order chi connectivity index (χ1) is 21.3. The van der Waals surface area contributed by atoms with Crippen molar-refractivity contribution in [2.45, 2.75) is 24.5 Å². The number of benzene rings is 3. The molecule has 0 saturated heterocycles. The molecule has 4 aromatic rings. The second-order valence-corrected chi connectivity index (χ2v) is 9.40. The summed E-state index contributed by atoms with van der Waals surface area (Å²) in [4.78, 5) is 3.74. The van der Waals surface area contributed by atoms with E-state index in [4.69, 9.17) is 10.6 Å². The maximum absolute atomic E-state index is 15.7. The van der Waals surface area contributed by atoms with Crippen molar-refractivity contribution in [3.63, 3.8) is 0 Å². The highest BCUT2D eigenvalue weighted by atomic mass is 19.4. The molecule has 1 atom stereocenters. The molecule has 234 valence electrons. The van der Waals surface area contributed by atoms with Crippen LogP contribution in [-0.4, -0.2) is 29.3 Å². The molecule has 0 amide bonds. The van der Waals surface area contributed by atoms with E-state index in [0.717, 1.165) is 24.7 Å². The number of nitrogens with one attached hydrogen (secondary N) is 1. The number of hydrogen-bond donors (Lipinski definition) is 3. The number of hydrazone groups is 1. The molecule has 7 nitrogen and oxygen atoms in total. The van der Waals surface area contributed by atoms with Gasteiger partial charge in [-0.05, 0) is 66.2 Å². The van der Waals surface area contributed by atoms with Gasteiger partial charge in [-0.2, -0.15) is 13.9 Å². The summed E-state index contributed by atoms with van der Waals surface area (Å²) < 4.78 is 106. The van der Waals surface area contributed by atoms with E-state index in [1.165, 1.54) is 30.3 Å². The number of pyridine rings is 1. The number of nitrogens with zero attached hydrogens (tertiary/aromatic N) is 2. The Hall–Kier alpha value is -5.29. The van der Waals surface area contributed by atoms with Crippen molar-refractivity contribution < 1.29 is 45.3 Å². The Morgan fingerprint density at radius 2 is 1.51 bits per heavy atom. The van der Waals surface area contributed by atoms with Gasteiger partial charge >= 0.3 is 12.3 Å². The van der Waals surface area contributed by atoms with Gasteiger partial charge in [0.1, 0.15) is 41.8 Å². The second-order valence-electron chi connectivity index (χ2n) is 9.40. The maximum Gasteiger partial charge on any atom is 0.573 e. The van der Waals surface area contributed by atoms with Crippen LogP contribution in [0.1, 0.15) is 27.9 Å². The van der Waals surface area contributed by atoms with Crippen LogP contribution in [0.25, 0.3) is 0 Å². The van der Waals surface area contributed by atoms with Crippen molar-refractivity contribution in [2.75, 3.05) is 6.54 Å². The van der Waals surface area contributed by atoms with Crippen LogP contribution in [0.2, 0.25) is 0 Å². The lowest BCUT2D eigenvalue weighted by Crippen LogP contribution is -2.51. The van der Waals surface area contributed by atoms with Crippen LogP contribution in [0.5, 0.6) is 11.5 Å². The van der Waals surface area contributed by atoms with Gasteiger partial charge in [0.15, 0.2) is 5.60 Å². The first-order valence-corrected chi connectivity index (χ1v) is 12.9. The first-order valence-electron chi connectivity index (χ1n) is 12.9. The van der Waals surface area contributed by atoms with Crippen LogP contribution in [0.3, 0.4) is 0 Å². The molecule has 0 spiro atoms. The second kappa shape index (κ2) is 13.6. The normalized spacial score (nSPS) is 13.1. The monoisotopic (exact) mass is 632 g/mol. The molecule has 1 unspecified atom stereocenters. The fourth-order valence-corrected chi connectivity index (χ4v) is 4.04. The molecule has 3 aromatic carbocycles. The summed E-state index contributed by atoms with van der Waals surface area (Å²) in [5, 5.41) is 16.4. The standard InChI is InChI=1S/C31H23F7N4O3/c32-23-8-13-26(27(33)15-23)29(43,18-40-19-42-39)30(34,35)28-14-7-21(16-41-28)2-1-20-3-9-24(10-4-20)44-17-22-5-11-25(12-6-22)45-31(36,37)38/h3-16,19,43H,17-18,39H2,(H,40,42). The minimum absolute atomic E-state index is 0.0829. The van der Waals surface area contributed by atoms with Crippen molar-refractivity contribution in [3.05, 3.63) is 125 Å².